The van der Waals surface area contributed by atoms with E-state index in [2.05, 4.69) is 5.32 Å². The Kier molecular flexibility index (Phi) is 10.5. The zero-order valence-corrected chi connectivity index (χ0v) is 25.8. The number of hydrogen-bond donors (Lipinski definition) is 1. The Labute approximate surface area is 253 Å². The number of carbonyl (C=O) groups excluding carboxylic acids is 2. The first-order chi connectivity index (χ1) is 20.1. The lowest BCUT2D eigenvalue weighted by atomic mass is 9.95. The highest BCUT2D eigenvalue weighted by atomic mass is 35.5. The summed E-state index contributed by atoms with van der Waals surface area (Å²) >= 11 is 6.02. The molecular formula is C32H38ClN3O5S. The second-order valence-corrected chi connectivity index (χ2v) is 13.0. The highest BCUT2D eigenvalue weighted by Crippen LogP contribution is 2.26. The van der Waals surface area contributed by atoms with Crippen molar-refractivity contribution >= 4 is 39.1 Å². The molecule has 1 aliphatic rings. The van der Waals surface area contributed by atoms with E-state index in [1.54, 1.807) is 50.4 Å². The Bertz CT molecular complexity index is 1460. The summed E-state index contributed by atoms with van der Waals surface area (Å²) in [5, 5.41) is 3.51. The number of methoxy groups -OCH3 is 1. The van der Waals surface area contributed by atoms with Crippen molar-refractivity contribution in [3.05, 3.63) is 88.9 Å². The van der Waals surface area contributed by atoms with Crippen LogP contribution in [0.25, 0.3) is 0 Å². The molecule has 1 fully saturated rings. The topological polar surface area (TPSA) is 96.0 Å². The van der Waals surface area contributed by atoms with Gasteiger partial charge in [-0.3, -0.25) is 13.9 Å². The minimum absolute atomic E-state index is 0.00469. The van der Waals surface area contributed by atoms with Crippen molar-refractivity contribution < 1.29 is 22.7 Å². The summed E-state index contributed by atoms with van der Waals surface area (Å²) in [6.45, 7) is 3.20. The lowest BCUT2D eigenvalue weighted by Gasteiger charge is -2.33. The van der Waals surface area contributed by atoms with Crippen LogP contribution in [0.2, 0.25) is 5.02 Å². The first kappa shape index (κ1) is 31.4. The van der Waals surface area contributed by atoms with Gasteiger partial charge in [0, 0.05) is 17.6 Å². The fraction of sp³-hybridized carbons (Fsp3) is 0.375. The maximum atomic E-state index is 14.1. The molecule has 2 amide bonds. The molecule has 0 spiro atoms. The molecule has 4 rings (SSSR count). The molecule has 0 unspecified atom stereocenters. The third kappa shape index (κ3) is 7.83. The molecule has 0 radical (unpaired) electrons. The Hall–Kier alpha value is -3.56. The van der Waals surface area contributed by atoms with Crippen LogP contribution in [-0.4, -0.2) is 50.9 Å². The number of hydrogen-bond acceptors (Lipinski definition) is 5. The fourth-order valence-corrected chi connectivity index (χ4v) is 6.59. The number of carbonyl (C=O) groups is 2. The molecule has 1 N–H and O–H groups in total. The van der Waals surface area contributed by atoms with Crippen LogP contribution in [-0.2, 0) is 26.2 Å². The van der Waals surface area contributed by atoms with Crippen LogP contribution in [0.3, 0.4) is 0 Å². The third-order valence-corrected chi connectivity index (χ3v) is 9.67. The first-order valence-electron chi connectivity index (χ1n) is 14.2. The van der Waals surface area contributed by atoms with Gasteiger partial charge in [-0.05, 0) is 80.8 Å². The van der Waals surface area contributed by atoms with Gasteiger partial charge in [-0.2, -0.15) is 0 Å². The second-order valence-electron chi connectivity index (χ2n) is 10.7. The van der Waals surface area contributed by atoms with E-state index in [4.69, 9.17) is 16.3 Å². The average Bonchev–Trinajstić information content (AvgIpc) is 2.99. The molecule has 0 bridgehead atoms. The highest BCUT2D eigenvalue weighted by Gasteiger charge is 2.33. The zero-order chi connectivity index (χ0) is 30.3. The number of aryl methyl sites for hydroxylation is 1. The molecule has 0 heterocycles. The van der Waals surface area contributed by atoms with Crippen LogP contribution >= 0.6 is 11.6 Å². The van der Waals surface area contributed by atoms with Gasteiger partial charge in [0.2, 0.25) is 11.8 Å². The van der Waals surface area contributed by atoms with Crippen LogP contribution < -0.4 is 14.4 Å². The summed E-state index contributed by atoms with van der Waals surface area (Å²) in [5.41, 5.74) is 2.07. The smallest absolute Gasteiger partial charge is 0.264 e. The number of benzene rings is 3. The summed E-state index contributed by atoms with van der Waals surface area (Å²) in [6.07, 6.45) is 5.08. The van der Waals surface area contributed by atoms with E-state index in [0.29, 0.717) is 16.5 Å². The van der Waals surface area contributed by atoms with Crippen LogP contribution in [0.1, 0.15) is 50.2 Å². The van der Waals surface area contributed by atoms with E-state index in [1.165, 1.54) is 29.2 Å². The SMILES string of the molecule is COc1ccc(CN(C(=O)CN(c2ccc(C)cc2)S(=O)(=O)c2ccc(Cl)cc2)[C@H](C)C(=O)NC2CCCCC2)cc1. The monoisotopic (exact) mass is 611 g/mol. The van der Waals surface area contributed by atoms with Gasteiger partial charge in [-0.25, -0.2) is 8.42 Å². The number of anilines is 1. The van der Waals surface area contributed by atoms with Crippen molar-refractivity contribution in [1.82, 2.24) is 10.2 Å². The predicted octanol–water partition coefficient (Wildman–Crippen LogP) is 5.72. The minimum Gasteiger partial charge on any atom is -0.497 e. The zero-order valence-electron chi connectivity index (χ0n) is 24.3. The lowest BCUT2D eigenvalue weighted by molar-refractivity contribution is -0.139. The molecule has 8 nitrogen and oxygen atoms in total. The number of rotatable bonds is 11. The molecule has 1 saturated carbocycles. The van der Waals surface area contributed by atoms with Crippen LogP contribution in [0.5, 0.6) is 5.75 Å². The van der Waals surface area contributed by atoms with Crippen LogP contribution in [0, 0.1) is 6.92 Å². The van der Waals surface area contributed by atoms with Gasteiger partial charge in [0.15, 0.2) is 0 Å². The number of amides is 2. The third-order valence-electron chi connectivity index (χ3n) is 7.63. The Morgan fingerprint density at radius 1 is 0.952 bits per heavy atom. The van der Waals surface area contributed by atoms with Crippen LogP contribution in [0.4, 0.5) is 5.69 Å². The maximum absolute atomic E-state index is 14.1. The van der Waals surface area contributed by atoms with Gasteiger partial charge in [0.1, 0.15) is 18.3 Å². The van der Waals surface area contributed by atoms with Gasteiger partial charge in [0.25, 0.3) is 10.0 Å². The summed E-state index contributed by atoms with van der Waals surface area (Å²) in [4.78, 5) is 29.0. The van der Waals surface area contributed by atoms with Crippen molar-refractivity contribution in [1.29, 1.82) is 0 Å². The molecule has 1 aliphatic carbocycles. The summed E-state index contributed by atoms with van der Waals surface area (Å²) in [7, 11) is -2.58. The van der Waals surface area contributed by atoms with Crippen molar-refractivity contribution in [3.63, 3.8) is 0 Å². The molecule has 0 aromatic heterocycles. The lowest BCUT2D eigenvalue weighted by Crippen LogP contribution is -2.53. The van der Waals surface area contributed by atoms with Crippen molar-refractivity contribution in [2.24, 2.45) is 0 Å². The molecule has 3 aromatic carbocycles. The van der Waals surface area contributed by atoms with Crippen molar-refractivity contribution in [3.8, 4) is 5.75 Å². The Morgan fingerprint density at radius 3 is 2.17 bits per heavy atom. The quantitative estimate of drug-likeness (QED) is 0.299. The standard InChI is InChI=1S/C32H38ClN3O5S/c1-23-9-15-28(16-10-23)36(42(39,40)30-19-13-26(33)14-20-30)22-31(37)35(21-25-11-17-29(41-3)18-12-25)24(2)32(38)34-27-7-5-4-6-8-27/h9-20,24,27H,4-8,21-22H2,1-3H3,(H,34,38)/t24-/m1/s1. The van der Waals surface area contributed by atoms with E-state index < -0.39 is 28.5 Å². The normalized spacial score (nSPS) is 14.6. The summed E-state index contributed by atoms with van der Waals surface area (Å²) < 4.78 is 34.2. The van der Waals surface area contributed by atoms with E-state index in [9.17, 15) is 18.0 Å². The summed E-state index contributed by atoms with van der Waals surface area (Å²) in [6, 6.07) is 19.2. The molecule has 1 atom stereocenters. The maximum Gasteiger partial charge on any atom is 0.264 e. The van der Waals surface area contributed by atoms with E-state index in [-0.39, 0.29) is 23.4 Å². The van der Waals surface area contributed by atoms with E-state index in [1.807, 2.05) is 19.1 Å². The van der Waals surface area contributed by atoms with E-state index in [0.717, 1.165) is 47.5 Å². The fourth-order valence-electron chi connectivity index (χ4n) is 5.05. The molecule has 10 heteroatoms. The van der Waals surface area contributed by atoms with Gasteiger partial charge in [-0.1, -0.05) is 60.7 Å². The van der Waals surface area contributed by atoms with Crippen molar-refractivity contribution in [2.45, 2.75) is 69.5 Å². The average molecular weight is 612 g/mol. The van der Waals surface area contributed by atoms with Gasteiger partial charge >= 0.3 is 0 Å². The number of nitrogens with zero attached hydrogens (tertiary/aromatic N) is 2. The van der Waals surface area contributed by atoms with Crippen LogP contribution in [0.15, 0.2) is 77.7 Å². The second kappa shape index (κ2) is 14.1. The summed E-state index contributed by atoms with van der Waals surface area (Å²) in [5.74, 6) is -0.0965. The predicted molar refractivity (Wildman–Crippen MR) is 165 cm³/mol. The van der Waals surface area contributed by atoms with Gasteiger partial charge in [-0.15, -0.1) is 0 Å². The Morgan fingerprint density at radius 2 is 1.57 bits per heavy atom. The largest absolute Gasteiger partial charge is 0.497 e. The molecule has 3 aromatic rings. The first-order valence-corrected chi connectivity index (χ1v) is 16.0. The van der Waals surface area contributed by atoms with Gasteiger partial charge < -0.3 is 15.0 Å². The molecule has 0 aliphatic heterocycles. The highest BCUT2D eigenvalue weighted by molar-refractivity contribution is 7.92. The molecule has 42 heavy (non-hydrogen) atoms. The van der Waals surface area contributed by atoms with Crippen molar-refractivity contribution in [2.75, 3.05) is 18.0 Å². The molecule has 0 saturated heterocycles. The van der Waals surface area contributed by atoms with Gasteiger partial charge in [0.05, 0.1) is 17.7 Å². The number of sulfonamides is 1. The minimum atomic E-state index is -4.15. The molecule has 224 valence electrons. The molecular weight excluding hydrogens is 574 g/mol. The number of nitrogens with one attached hydrogen (secondary N) is 1. The number of ether oxygens (including phenoxy) is 1. The van der Waals surface area contributed by atoms with E-state index >= 15 is 0 Å². The Balaban J connectivity index is 1.66. The number of halogens is 1.